The van der Waals surface area contributed by atoms with Crippen molar-refractivity contribution in [1.29, 1.82) is 0 Å². The van der Waals surface area contributed by atoms with Crippen molar-refractivity contribution in [2.45, 2.75) is 57.1 Å². The topological polar surface area (TPSA) is 154 Å². The molecule has 0 atom stereocenters. The fourth-order valence-corrected chi connectivity index (χ4v) is 5.08. The van der Waals surface area contributed by atoms with Crippen molar-refractivity contribution in [3.8, 4) is 5.75 Å². The number of H-pyrrole nitrogens is 1. The summed E-state index contributed by atoms with van der Waals surface area (Å²) in [6.07, 6.45) is 6.57. The number of fused-ring (bicyclic) bond motifs is 2. The standard InChI is InChI=1S/C28H32N6O5/c1-28(2,39-24(35)13-29)16-38-19-11-12-23-22(14-30-34(23)15-19)26(36)31-18-9-7-17(8-10-18)25-20-5-3-4-6-21(20)27(37)33-32-25/h3-6,11-12,14-15,17-18H,7-10,13,16,29H2,1-2H3,(H,31,36)(H,33,37)/t17-,18-. The van der Waals surface area contributed by atoms with E-state index in [1.165, 1.54) is 0 Å². The minimum absolute atomic E-state index is 0.0406. The van der Waals surface area contributed by atoms with Gasteiger partial charge in [-0.05, 0) is 57.7 Å². The largest absolute Gasteiger partial charge is 0.488 e. The number of carbonyl (C=O) groups excluding carboxylic acids is 2. The first-order valence-electron chi connectivity index (χ1n) is 13.0. The number of nitrogens with two attached hydrogens (primary N) is 1. The number of aromatic amines is 1. The lowest BCUT2D eigenvalue weighted by Gasteiger charge is -2.29. The summed E-state index contributed by atoms with van der Waals surface area (Å²) in [4.78, 5) is 36.7. The fourth-order valence-electron chi connectivity index (χ4n) is 5.08. The highest BCUT2D eigenvalue weighted by Gasteiger charge is 2.27. The number of pyridine rings is 1. The molecule has 1 fully saturated rings. The van der Waals surface area contributed by atoms with Crippen LogP contribution in [0.2, 0.25) is 0 Å². The quantitative estimate of drug-likeness (QED) is 0.293. The number of hydrogen-bond donors (Lipinski definition) is 3. The van der Waals surface area contributed by atoms with Gasteiger partial charge in [-0.15, -0.1) is 0 Å². The number of hydrogen-bond acceptors (Lipinski definition) is 8. The van der Waals surface area contributed by atoms with Gasteiger partial charge in [0.15, 0.2) is 0 Å². The average Bonchev–Trinajstić information content (AvgIpc) is 3.36. The molecule has 0 radical (unpaired) electrons. The number of esters is 1. The Labute approximate surface area is 224 Å². The van der Waals surface area contributed by atoms with E-state index in [0.717, 1.165) is 36.8 Å². The maximum absolute atomic E-state index is 13.1. The molecule has 3 aromatic heterocycles. The van der Waals surface area contributed by atoms with Crippen molar-refractivity contribution in [2.75, 3.05) is 13.2 Å². The number of carbonyl (C=O) groups is 2. The lowest BCUT2D eigenvalue weighted by molar-refractivity contribution is -0.157. The van der Waals surface area contributed by atoms with E-state index in [2.05, 4.69) is 20.6 Å². The third-order valence-corrected chi connectivity index (χ3v) is 7.05. The van der Waals surface area contributed by atoms with Crippen LogP contribution in [0.5, 0.6) is 5.75 Å². The maximum atomic E-state index is 13.1. The molecule has 39 heavy (non-hydrogen) atoms. The number of aromatic nitrogens is 4. The summed E-state index contributed by atoms with van der Waals surface area (Å²) in [7, 11) is 0. The third-order valence-electron chi connectivity index (χ3n) is 7.05. The lowest BCUT2D eigenvalue weighted by atomic mass is 9.82. The van der Waals surface area contributed by atoms with Crippen LogP contribution in [0, 0.1) is 0 Å². The molecule has 11 nitrogen and oxygen atoms in total. The second-order valence-electron chi connectivity index (χ2n) is 10.5. The Bertz CT molecular complexity index is 1570. The zero-order valence-electron chi connectivity index (χ0n) is 22.0. The first kappa shape index (κ1) is 26.4. The van der Waals surface area contributed by atoms with E-state index in [-0.39, 0.29) is 36.6 Å². The summed E-state index contributed by atoms with van der Waals surface area (Å²) in [5.74, 6) is 0.0663. The molecule has 1 aromatic carbocycles. The molecule has 1 aliphatic rings. The van der Waals surface area contributed by atoms with Crippen molar-refractivity contribution >= 4 is 28.2 Å². The van der Waals surface area contributed by atoms with Crippen molar-refractivity contribution in [3.05, 3.63) is 70.4 Å². The van der Waals surface area contributed by atoms with Crippen LogP contribution in [0.25, 0.3) is 16.3 Å². The summed E-state index contributed by atoms with van der Waals surface area (Å²) < 4.78 is 12.7. The van der Waals surface area contributed by atoms with Crippen LogP contribution in [-0.4, -0.2) is 56.5 Å². The Balaban J connectivity index is 1.20. The second-order valence-corrected chi connectivity index (χ2v) is 10.5. The Hall–Kier alpha value is -4.25. The second kappa shape index (κ2) is 10.9. The van der Waals surface area contributed by atoms with Crippen LogP contribution in [0.3, 0.4) is 0 Å². The van der Waals surface area contributed by atoms with Crippen LogP contribution in [0.4, 0.5) is 0 Å². The molecule has 0 saturated heterocycles. The van der Waals surface area contributed by atoms with E-state index >= 15 is 0 Å². The molecule has 5 rings (SSSR count). The van der Waals surface area contributed by atoms with Gasteiger partial charge in [0.05, 0.1) is 41.1 Å². The highest BCUT2D eigenvalue weighted by atomic mass is 16.6. The molecule has 0 bridgehead atoms. The molecule has 1 amide bonds. The monoisotopic (exact) mass is 532 g/mol. The molecule has 11 heteroatoms. The molecule has 0 unspecified atom stereocenters. The van der Waals surface area contributed by atoms with Gasteiger partial charge >= 0.3 is 5.97 Å². The normalized spacial score (nSPS) is 17.7. The zero-order valence-corrected chi connectivity index (χ0v) is 22.0. The van der Waals surface area contributed by atoms with Gasteiger partial charge in [-0.3, -0.25) is 14.4 Å². The predicted molar refractivity (Wildman–Crippen MR) is 145 cm³/mol. The molecular formula is C28H32N6O5. The van der Waals surface area contributed by atoms with Crippen molar-refractivity contribution < 1.29 is 19.1 Å². The molecule has 204 valence electrons. The van der Waals surface area contributed by atoms with E-state index in [0.29, 0.717) is 22.2 Å². The smallest absolute Gasteiger partial charge is 0.320 e. The molecule has 3 heterocycles. The molecule has 1 saturated carbocycles. The van der Waals surface area contributed by atoms with Crippen LogP contribution >= 0.6 is 0 Å². The van der Waals surface area contributed by atoms with Crippen molar-refractivity contribution in [2.24, 2.45) is 5.73 Å². The van der Waals surface area contributed by atoms with Gasteiger partial charge in [0.25, 0.3) is 11.5 Å². The molecule has 4 N–H and O–H groups in total. The molecule has 0 aliphatic heterocycles. The van der Waals surface area contributed by atoms with E-state index in [1.54, 1.807) is 42.9 Å². The predicted octanol–water partition coefficient (Wildman–Crippen LogP) is 2.69. The molecular weight excluding hydrogens is 500 g/mol. The van der Waals surface area contributed by atoms with Gasteiger partial charge in [0.1, 0.15) is 18.0 Å². The van der Waals surface area contributed by atoms with E-state index in [9.17, 15) is 14.4 Å². The Morgan fingerprint density at radius 3 is 2.62 bits per heavy atom. The van der Waals surface area contributed by atoms with Gasteiger partial charge in [0.2, 0.25) is 0 Å². The SMILES string of the molecule is CC(C)(COc1ccc2c(C(=O)N[C@H]3CC[C@H](c4n[nH]c(=O)c5ccccc54)CC3)cnn2c1)OC(=O)CN. The first-order valence-corrected chi connectivity index (χ1v) is 13.0. The number of amides is 1. The Morgan fingerprint density at radius 1 is 1.13 bits per heavy atom. The molecule has 0 spiro atoms. The summed E-state index contributed by atoms with van der Waals surface area (Å²) in [5.41, 5.74) is 6.34. The van der Waals surface area contributed by atoms with Crippen molar-refractivity contribution in [1.82, 2.24) is 25.1 Å². The fraction of sp³-hybridized carbons (Fsp3) is 0.393. The minimum Gasteiger partial charge on any atom is -0.488 e. The first-order chi connectivity index (χ1) is 18.7. The maximum Gasteiger partial charge on any atom is 0.320 e. The average molecular weight is 533 g/mol. The summed E-state index contributed by atoms with van der Waals surface area (Å²) >= 11 is 0. The highest BCUT2D eigenvalue weighted by Crippen LogP contribution is 2.34. The van der Waals surface area contributed by atoms with E-state index < -0.39 is 11.6 Å². The minimum atomic E-state index is -0.847. The van der Waals surface area contributed by atoms with Crippen LogP contribution in [0.1, 0.15) is 61.5 Å². The van der Waals surface area contributed by atoms with Crippen LogP contribution in [-0.2, 0) is 9.53 Å². The van der Waals surface area contributed by atoms with Gasteiger partial charge in [0, 0.05) is 17.3 Å². The summed E-state index contributed by atoms with van der Waals surface area (Å²) in [5, 5.41) is 16.0. The number of nitrogens with zero attached hydrogens (tertiary/aromatic N) is 3. The van der Waals surface area contributed by atoms with Gasteiger partial charge in [-0.2, -0.15) is 10.2 Å². The van der Waals surface area contributed by atoms with Crippen LogP contribution in [0.15, 0.2) is 53.6 Å². The van der Waals surface area contributed by atoms with Gasteiger partial charge in [-0.25, -0.2) is 9.61 Å². The zero-order chi connectivity index (χ0) is 27.6. The molecule has 1 aliphatic carbocycles. The summed E-state index contributed by atoms with van der Waals surface area (Å²) in [6.45, 7) is 3.41. The van der Waals surface area contributed by atoms with E-state index in [4.69, 9.17) is 15.2 Å². The lowest BCUT2D eigenvalue weighted by Crippen LogP contribution is -2.37. The number of benzene rings is 1. The number of ether oxygens (including phenoxy) is 2. The molecule has 4 aromatic rings. The summed E-state index contributed by atoms with van der Waals surface area (Å²) in [6, 6.07) is 11.1. The van der Waals surface area contributed by atoms with Crippen molar-refractivity contribution in [3.63, 3.8) is 0 Å². The Kier molecular flexibility index (Phi) is 7.34. The van der Waals surface area contributed by atoms with Crippen LogP contribution < -0.4 is 21.3 Å². The van der Waals surface area contributed by atoms with Gasteiger partial charge < -0.3 is 20.5 Å². The van der Waals surface area contributed by atoms with Gasteiger partial charge in [-0.1, -0.05) is 18.2 Å². The Morgan fingerprint density at radius 2 is 1.87 bits per heavy atom. The highest BCUT2D eigenvalue weighted by molar-refractivity contribution is 6.00. The third kappa shape index (κ3) is 5.78. The number of rotatable bonds is 8. The van der Waals surface area contributed by atoms with E-state index in [1.807, 2.05) is 24.3 Å². The number of nitrogens with one attached hydrogen (secondary N) is 2.